The number of carbonyl (C=O) groups is 2. The fourth-order valence-electron chi connectivity index (χ4n) is 5.15. The molecule has 11 nitrogen and oxygen atoms in total. The van der Waals surface area contributed by atoms with Gasteiger partial charge in [-0.15, -0.1) is 0 Å². The van der Waals surface area contributed by atoms with Gasteiger partial charge < -0.3 is 25.6 Å². The SMILES string of the molecule is C=C1CN(c2ccc(C(=O)Nc3cc(F)c4nn(C)cc4c3)c3nc(OC4CCNC4=O)ncc23)C[C@@H](C)N1. The lowest BCUT2D eigenvalue weighted by Crippen LogP contribution is -2.47. The highest BCUT2D eigenvalue weighted by Crippen LogP contribution is 2.32. The van der Waals surface area contributed by atoms with Crippen molar-refractivity contribution >= 4 is 45.0 Å². The molecule has 2 saturated heterocycles. The van der Waals surface area contributed by atoms with Crippen LogP contribution in [-0.4, -0.2) is 63.3 Å². The quantitative estimate of drug-likeness (QED) is 0.359. The first kappa shape index (κ1) is 24.6. The molecule has 4 heterocycles. The monoisotopic (exact) mass is 530 g/mol. The Balaban J connectivity index is 1.40. The van der Waals surface area contributed by atoms with Crippen molar-refractivity contribution in [2.75, 3.05) is 29.9 Å². The van der Waals surface area contributed by atoms with Crippen LogP contribution in [0, 0.1) is 5.82 Å². The van der Waals surface area contributed by atoms with E-state index in [9.17, 15) is 14.0 Å². The summed E-state index contributed by atoms with van der Waals surface area (Å²) in [5.41, 5.74) is 2.84. The average Bonchev–Trinajstić information content (AvgIpc) is 3.47. The van der Waals surface area contributed by atoms with Gasteiger partial charge in [-0.25, -0.2) is 9.37 Å². The van der Waals surface area contributed by atoms with Gasteiger partial charge in [0.15, 0.2) is 11.9 Å². The van der Waals surface area contributed by atoms with Gasteiger partial charge in [-0.05, 0) is 31.2 Å². The largest absolute Gasteiger partial charge is 0.450 e. The van der Waals surface area contributed by atoms with E-state index in [4.69, 9.17) is 4.74 Å². The summed E-state index contributed by atoms with van der Waals surface area (Å²) in [6, 6.07) is 6.60. The molecule has 0 radical (unpaired) electrons. The van der Waals surface area contributed by atoms with Crippen LogP contribution in [0.1, 0.15) is 23.7 Å². The maximum atomic E-state index is 14.7. The molecule has 2 aliphatic rings. The van der Waals surface area contributed by atoms with Crippen LogP contribution in [0.2, 0.25) is 0 Å². The van der Waals surface area contributed by atoms with E-state index in [1.165, 1.54) is 10.7 Å². The van der Waals surface area contributed by atoms with Crippen molar-refractivity contribution in [3.8, 4) is 6.01 Å². The molecule has 3 N–H and O–H groups in total. The summed E-state index contributed by atoms with van der Waals surface area (Å²) in [4.78, 5) is 36.7. The molecule has 0 spiro atoms. The van der Waals surface area contributed by atoms with Crippen molar-refractivity contribution in [1.82, 2.24) is 30.4 Å². The second kappa shape index (κ2) is 9.53. The Kier molecular flexibility index (Phi) is 6.01. The van der Waals surface area contributed by atoms with Gasteiger partial charge in [0.05, 0.1) is 17.6 Å². The molecule has 2 aromatic heterocycles. The van der Waals surface area contributed by atoms with Crippen molar-refractivity contribution in [3.05, 3.63) is 60.3 Å². The fraction of sp³-hybridized carbons (Fsp3) is 0.296. The summed E-state index contributed by atoms with van der Waals surface area (Å²) in [7, 11) is 1.70. The first-order valence-electron chi connectivity index (χ1n) is 12.6. The van der Waals surface area contributed by atoms with Crippen molar-refractivity contribution in [3.63, 3.8) is 0 Å². The Morgan fingerprint density at radius 1 is 1.28 bits per heavy atom. The number of nitrogens with zero attached hydrogens (tertiary/aromatic N) is 5. The standard InChI is InChI=1S/C27H27FN8O3/c1-14-11-36(12-15(2)31-14)21-5-4-18(24-19(21)10-30-27(33-24)39-22-6-7-29-26(22)38)25(37)32-17-8-16-13-35(3)34-23(16)20(28)9-17/h4-5,8-10,13,15,22,31H,1,6-7,11-12H2,2-3H3,(H,29,38)(H,32,37)/t15-,22?/m1/s1. The highest BCUT2D eigenvalue weighted by atomic mass is 19.1. The molecular weight excluding hydrogens is 503 g/mol. The molecular formula is C27H27FN8O3. The lowest BCUT2D eigenvalue weighted by Gasteiger charge is -2.36. The topological polar surface area (TPSA) is 126 Å². The lowest BCUT2D eigenvalue weighted by molar-refractivity contribution is -0.125. The summed E-state index contributed by atoms with van der Waals surface area (Å²) in [5, 5.41) is 14.2. The molecule has 0 saturated carbocycles. The molecule has 1 unspecified atom stereocenters. The van der Waals surface area contributed by atoms with Crippen LogP contribution in [0.5, 0.6) is 6.01 Å². The molecule has 0 aliphatic carbocycles. The zero-order valence-electron chi connectivity index (χ0n) is 21.5. The average molecular weight is 531 g/mol. The molecule has 200 valence electrons. The van der Waals surface area contributed by atoms with Crippen molar-refractivity contribution < 1.29 is 18.7 Å². The summed E-state index contributed by atoms with van der Waals surface area (Å²) in [6.45, 7) is 7.95. The van der Waals surface area contributed by atoms with Gasteiger partial charge in [0.2, 0.25) is 0 Å². The van der Waals surface area contributed by atoms with Crippen LogP contribution in [0.15, 0.2) is 48.9 Å². The molecule has 12 heteroatoms. The van der Waals surface area contributed by atoms with Gasteiger partial charge >= 0.3 is 6.01 Å². The van der Waals surface area contributed by atoms with Crippen LogP contribution in [0.25, 0.3) is 21.8 Å². The van der Waals surface area contributed by atoms with E-state index in [1.807, 2.05) is 6.07 Å². The van der Waals surface area contributed by atoms with Crippen molar-refractivity contribution in [1.29, 1.82) is 0 Å². The van der Waals surface area contributed by atoms with Gasteiger partial charge in [0.1, 0.15) is 5.52 Å². The number of halogens is 1. The van der Waals surface area contributed by atoms with Gasteiger partial charge in [-0.3, -0.25) is 14.3 Å². The normalized spacial score (nSPS) is 19.3. The molecule has 6 rings (SSSR count). The number of carbonyl (C=O) groups excluding carboxylic acids is 2. The summed E-state index contributed by atoms with van der Waals surface area (Å²) < 4.78 is 21.9. The zero-order chi connectivity index (χ0) is 27.3. The number of fused-ring (bicyclic) bond motifs is 2. The first-order valence-corrected chi connectivity index (χ1v) is 12.6. The number of aryl methyl sites for hydroxylation is 1. The number of rotatable bonds is 5. The summed E-state index contributed by atoms with van der Waals surface area (Å²) >= 11 is 0. The predicted octanol–water partition coefficient (Wildman–Crippen LogP) is 2.49. The number of hydrogen-bond donors (Lipinski definition) is 3. The number of piperazine rings is 1. The van der Waals surface area contributed by atoms with Crippen LogP contribution in [-0.2, 0) is 11.8 Å². The van der Waals surface area contributed by atoms with E-state index in [1.54, 1.807) is 31.6 Å². The zero-order valence-corrected chi connectivity index (χ0v) is 21.5. The van der Waals surface area contributed by atoms with Gasteiger partial charge in [-0.2, -0.15) is 10.1 Å². The molecule has 39 heavy (non-hydrogen) atoms. The number of benzene rings is 2. The Bertz CT molecular complexity index is 1650. The first-order chi connectivity index (χ1) is 18.7. The van der Waals surface area contributed by atoms with E-state index >= 15 is 0 Å². The molecule has 2 fully saturated rings. The Labute approximate surface area is 223 Å². The van der Waals surface area contributed by atoms with E-state index in [-0.39, 0.29) is 34.7 Å². The van der Waals surface area contributed by atoms with E-state index in [2.05, 4.69) is 49.4 Å². The number of anilines is 2. The maximum absolute atomic E-state index is 14.7. The van der Waals surface area contributed by atoms with Crippen molar-refractivity contribution in [2.24, 2.45) is 7.05 Å². The lowest BCUT2D eigenvalue weighted by atomic mass is 10.1. The number of nitrogens with one attached hydrogen (secondary N) is 3. The van der Waals surface area contributed by atoms with E-state index < -0.39 is 17.8 Å². The van der Waals surface area contributed by atoms with E-state index in [0.717, 1.165) is 11.4 Å². The molecule has 2 atom stereocenters. The molecule has 2 aromatic carbocycles. The Morgan fingerprint density at radius 2 is 2.13 bits per heavy atom. The highest BCUT2D eigenvalue weighted by molar-refractivity contribution is 6.14. The van der Waals surface area contributed by atoms with Gasteiger partial charge in [0.25, 0.3) is 11.8 Å². The van der Waals surface area contributed by atoms with E-state index in [0.29, 0.717) is 42.3 Å². The number of aromatic nitrogens is 4. The second-order valence-corrected chi connectivity index (χ2v) is 9.92. The predicted molar refractivity (Wildman–Crippen MR) is 144 cm³/mol. The molecule has 2 amide bonds. The molecule has 0 bridgehead atoms. The third-order valence-electron chi connectivity index (χ3n) is 6.80. The fourth-order valence-corrected chi connectivity index (χ4v) is 5.15. The summed E-state index contributed by atoms with van der Waals surface area (Å²) in [6.07, 6.45) is 3.08. The van der Waals surface area contributed by atoms with Crippen LogP contribution in [0.3, 0.4) is 0 Å². The minimum absolute atomic E-state index is 0.00309. The molecule has 2 aliphatic heterocycles. The van der Waals surface area contributed by atoms with Gasteiger partial charge in [-0.1, -0.05) is 6.58 Å². The Morgan fingerprint density at radius 3 is 2.90 bits per heavy atom. The van der Waals surface area contributed by atoms with Gasteiger partial charge in [0, 0.05) is 72.8 Å². The number of hydrogen-bond acceptors (Lipinski definition) is 8. The second-order valence-electron chi connectivity index (χ2n) is 9.92. The number of ether oxygens (including phenoxy) is 1. The maximum Gasteiger partial charge on any atom is 0.317 e. The third-order valence-corrected chi connectivity index (χ3v) is 6.80. The Hall–Kier alpha value is -4.74. The number of amides is 2. The smallest absolute Gasteiger partial charge is 0.317 e. The van der Waals surface area contributed by atoms with Crippen LogP contribution in [0.4, 0.5) is 15.8 Å². The van der Waals surface area contributed by atoms with Crippen LogP contribution >= 0.6 is 0 Å². The minimum Gasteiger partial charge on any atom is -0.450 e. The van der Waals surface area contributed by atoms with Crippen LogP contribution < -0.4 is 25.6 Å². The molecule has 4 aromatic rings. The third kappa shape index (κ3) is 4.69. The van der Waals surface area contributed by atoms with Crippen molar-refractivity contribution in [2.45, 2.75) is 25.5 Å². The minimum atomic E-state index is -0.700. The summed E-state index contributed by atoms with van der Waals surface area (Å²) in [5.74, 6) is -1.24. The highest BCUT2D eigenvalue weighted by Gasteiger charge is 2.28.